The Labute approximate surface area is 167 Å². The number of hydrogen-bond acceptors (Lipinski definition) is 5. The van der Waals surface area contributed by atoms with E-state index in [1.165, 1.54) is 10.9 Å². The van der Waals surface area contributed by atoms with Gasteiger partial charge in [-0.3, -0.25) is 4.79 Å². The van der Waals surface area contributed by atoms with E-state index in [0.29, 0.717) is 11.3 Å². The number of amides is 1. The van der Waals surface area contributed by atoms with Gasteiger partial charge in [-0.2, -0.15) is 0 Å². The fourth-order valence-electron chi connectivity index (χ4n) is 2.48. The van der Waals surface area contributed by atoms with E-state index >= 15 is 0 Å². The van der Waals surface area contributed by atoms with Crippen molar-refractivity contribution in [2.24, 2.45) is 0 Å². The van der Waals surface area contributed by atoms with Crippen molar-refractivity contribution in [3.63, 3.8) is 0 Å². The van der Waals surface area contributed by atoms with Crippen molar-refractivity contribution >= 4 is 44.5 Å². The topological polar surface area (TPSA) is 63.2 Å². The Kier molecular flexibility index (Phi) is 6.04. The van der Waals surface area contributed by atoms with E-state index in [4.69, 9.17) is 0 Å². The molecule has 140 valence electrons. The van der Waals surface area contributed by atoms with Gasteiger partial charge >= 0.3 is 0 Å². The normalized spacial score (nSPS) is 11.3. The van der Waals surface area contributed by atoms with Crippen LogP contribution in [0.15, 0.2) is 69.8 Å². The summed E-state index contributed by atoms with van der Waals surface area (Å²) in [4.78, 5) is 15.2. The first-order valence-electron chi connectivity index (χ1n) is 8.21. The van der Waals surface area contributed by atoms with E-state index < -0.39 is 9.84 Å². The molecule has 0 fully saturated rings. The van der Waals surface area contributed by atoms with Gasteiger partial charge in [0.25, 0.3) is 5.91 Å². The van der Waals surface area contributed by atoms with Gasteiger partial charge in [0.2, 0.25) is 0 Å². The SMILES string of the molecule is Cc1ccc(S(C)(=O)=O)cc1NC(=O)c1ccccc1SCc1cccs1. The number of benzene rings is 2. The van der Waals surface area contributed by atoms with Crippen LogP contribution in [0.4, 0.5) is 5.69 Å². The molecule has 0 aliphatic carbocycles. The lowest BCUT2D eigenvalue weighted by molar-refractivity contribution is 0.102. The van der Waals surface area contributed by atoms with Gasteiger partial charge in [0.15, 0.2) is 9.84 Å². The second-order valence-corrected chi connectivity index (χ2v) is 10.1. The fraction of sp³-hybridized carbons (Fsp3) is 0.150. The van der Waals surface area contributed by atoms with Crippen LogP contribution in [-0.4, -0.2) is 20.6 Å². The van der Waals surface area contributed by atoms with Crippen LogP contribution in [0.25, 0.3) is 0 Å². The molecule has 0 aliphatic heterocycles. The summed E-state index contributed by atoms with van der Waals surface area (Å²) in [5, 5.41) is 4.89. The molecule has 1 heterocycles. The van der Waals surface area contributed by atoms with Crippen molar-refractivity contribution < 1.29 is 13.2 Å². The summed E-state index contributed by atoms with van der Waals surface area (Å²) in [6.45, 7) is 1.83. The minimum absolute atomic E-state index is 0.184. The van der Waals surface area contributed by atoms with Crippen LogP contribution in [0.3, 0.4) is 0 Å². The van der Waals surface area contributed by atoms with Gasteiger partial charge in [-0.15, -0.1) is 23.1 Å². The number of hydrogen-bond donors (Lipinski definition) is 1. The van der Waals surface area contributed by atoms with Gasteiger partial charge < -0.3 is 5.32 Å². The van der Waals surface area contributed by atoms with Crippen molar-refractivity contribution in [1.29, 1.82) is 0 Å². The fourth-order valence-corrected chi connectivity index (χ4v) is 4.95. The van der Waals surface area contributed by atoms with E-state index in [1.54, 1.807) is 41.3 Å². The van der Waals surface area contributed by atoms with Crippen LogP contribution >= 0.6 is 23.1 Å². The number of carbonyl (C=O) groups excluding carboxylic acids is 1. The standard InChI is InChI=1S/C20H19NO3S3/c1-14-9-10-16(27(2,23)24)12-18(14)21-20(22)17-7-3-4-8-19(17)26-13-15-6-5-11-25-15/h3-12H,13H2,1-2H3,(H,21,22). The van der Waals surface area contributed by atoms with E-state index in [2.05, 4.69) is 11.4 Å². The summed E-state index contributed by atoms with van der Waals surface area (Å²) in [6.07, 6.45) is 1.15. The summed E-state index contributed by atoms with van der Waals surface area (Å²) in [5.74, 6) is 0.544. The Bertz CT molecular complexity index is 1060. The number of anilines is 1. The van der Waals surface area contributed by atoms with Crippen LogP contribution in [0.1, 0.15) is 20.8 Å². The van der Waals surface area contributed by atoms with Crippen LogP contribution in [-0.2, 0) is 15.6 Å². The van der Waals surface area contributed by atoms with Crippen molar-refractivity contribution in [1.82, 2.24) is 0 Å². The molecule has 7 heteroatoms. The molecule has 0 atom stereocenters. The van der Waals surface area contributed by atoms with Gasteiger partial charge in [0, 0.05) is 27.5 Å². The van der Waals surface area contributed by atoms with Crippen molar-refractivity contribution in [2.75, 3.05) is 11.6 Å². The predicted octanol–water partition coefficient (Wildman–Crippen LogP) is 5.00. The molecule has 1 N–H and O–H groups in total. The van der Waals surface area contributed by atoms with Crippen molar-refractivity contribution in [3.05, 3.63) is 76.0 Å². The van der Waals surface area contributed by atoms with Crippen LogP contribution in [0.2, 0.25) is 0 Å². The molecule has 3 aromatic rings. The molecule has 0 saturated heterocycles. The summed E-state index contributed by atoms with van der Waals surface area (Å²) in [5.41, 5.74) is 1.88. The molecular weight excluding hydrogens is 398 g/mol. The average molecular weight is 418 g/mol. The summed E-state index contributed by atoms with van der Waals surface area (Å²) in [7, 11) is -3.34. The van der Waals surface area contributed by atoms with Gasteiger partial charge in [-0.05, 0) is 48.2 Å². The van der Waals surface area contributed by atoms with Crippen LogP contribution in [0, 0.1) is 6.92 Å². The number of sulfone groups is 1. The number of nitrogens with one attached hydrogen (secondary N) is 1. The first kappa shape index (κ1) is 19.7. The summed E-state index contributed by atoms with van der Waals surface area (Å²) in [6, 6.07) is 16.3. The molecular formula is C20H19NO3S3. The number of carbonyl (C=O) groups is 1. The third-order valence-electron chi connectivity index (χ3n) is 3.97. The van der Waals surface area contributed by atoms with E-state index in [0.717, 1.165) is 22.5 Å². The third kappa shape index (κ3) is 5.00. The second kappa shape index (κ2) is 8.29. The molecule has 0 bridgehead atoms. The molecule has 0 radical (unpaired) electrons. The smallest absolute Gasteiger partial charge is 0.256 e. The number of rotatable bonds is 6. The highest BCUT2D eigenvalue weighted by Gasteiger charge is 2.15. The molecule has 0 aliphatic rings. The highest BCUT2D eigenvalue weighted by molar-refractivity contribution is 7.98. The monoisotopic (exact) mass is 417 g/mol. The first-order chi connectivity index (χ1) is 12.8. The van der Waals surface area contributed by atoms with Crippen molar-refractivity contribution in [3.8, 4) is 0 Å². The third-order valence-corrected chi connectivity index (χ3v) is 7.26. The zero-order chi connectivity index (χ0) is 19.4. The maximum atomic E-state index is 12.8. The Morgan fingerprint density at radius 3 is 2.59 bits per heavy atom. The number of thiophene rings is 1. The maximum absolute atomic E-state index is 12.8. The van der Waals surface area contributed by atoms with Gasteiger partial charge in [0.05, 0.1) is 10.5 Å². The maximum Gasteiger partial charge on any atom is 0.256 e. The number of thioether (sulfide) groups is 1. The first-order valence-corrected chi connectivity index (χ1v) is 12.0. The van der Waals surface area contributed by atoms with E-state index in [9.17, 15) is 13.2 Å². The highest BCUT2D eigenvalue weighted by Crippen LogP contribution is 2.29. The zero-order valence-corrected chi connectivity index (χ0v) is 17.4. The molecule has 27 heavy (non-hydrogen) atoms. The van der Waals surface area contributed by atoms with Crippen molar-refractivity contribution in [2.45, 2.75) is 22.5 Å². The molecule has 2 aromatic carbocycles. The zero-order valence-electron chi connectivity index (χ0n) is 14.9. The molecule has 0 spiro atoms. The minimum atomic E-state index is -3.34. The van der Waals surface area contributed by atoms with Gasteiger partial charge in [-0.1, -0.05) is 24.3 Å². The lowest BCUT2D eigenvalue weighted by atomic mass is 10.1. The lowest BCUT2D eigenvalue weighted by Gasteiger charge is -2.12. The van der Waals surface area contributed by atoms with E-state index in [-0.39, 0.29) is 10.8 Å². The molecule has 0 unspecified atom stereocenters. The molecule has 0 saturated carbocycles. The average Bonchev–Trinajstić information content (AvgIpc) is 3.14. The predicted molar refractivity (Wildman–Crippen MR) is 113 cm³/mol. The summed E-state index contributed by atoms with van der Waals surface area (Å²) >= 11 is 3.30. The van der Waals surface area contributed by atoms with Crippen LogP contribution in [0.5, 0.6) is 0 Å². The van der Waals surface area contributed by atoms with E-state index in [1.807, 2.05) is 36.6 Å². The lowest BCUT2D eigenvalue weighted by Crippen LogP contribution is -2.14. The Morgan fingerprint density at radius 1 is 1.11 bits per heavy atom. The molecule has 1 aromatic heterocycles. The summed E-state index contributed by atoms with van der Waals surface area (Å²) < 4.78 is 23.6. The largest absolute Gasteiger partial charge is 0.322 e. The Hall–Kier alpha value is -2.09. The quantitative estimate of drug-likeness (QED) is 0.573. The Morgan fingerprint density at radius 2 is 1.89 bits per heavy atom. The minimum Gasteiger partial charge on any atom is -0.322 e. The van der Waals surface area contributed by atoms with Crippen LogP contribution < -0.4 is 5.32 Å². The number of aryl methyl sites for hydroxylation is 1. The molecule has 4 nitrogen and oxygen atoms in total. The Balaban J connectivity index is 1.83. The molecule has 3 rings (SSSR count). The molecule has 1 amide bonds. The van der Waals surface area contributed by atoms with Gasteiger partial charge in [-0.25, -0.2) is 8.42 Å². The second-order valence-electron chi connectivity index (χ2n) is 6.07. The highest BCUT2D eigenvalue weighted by atomic mass is 32.2. The van der Waals surface area contributed by atoms with Gasteiger partial charge in [0.1, 0.15) is 0 Å².